The Bertz CT molecular complexity index is 682. The molecule has 0 aliphatic rings. The molecule has 1 nitrogen and oxygen atoms in total. The fourth-order valence-corrected chi connectivity index (χ4v) is 4.48. The summed E-state index contributed by atoms with van der Waals surface area (Å²) in [6.45, 7) is 13.6. The summed E-state index contributed by atoms with van der Waals surface area (Å²) in [6.07, 6.45) is 0. The van der Waals surface area contributed by atoms with Crippen molar-refractivity contribution in [1.29, 1.82) is 0 Å². The Kier molecular flexibility index (Phi) is 20.0. The van der Waals surface area contributed by atoms with Crippen LogP contribution in [0.5, 0.6) is 0 Å². The van der Waals surface area contributed by atoms with Crippen molar-refractivity contribution < 1.29 is 22.3 Å². The Labute approximate surface area is 206 Å². The predicted octanol–water partition coefficient (Wildman–Crippen LogP) is 6.57. The van der Waals surface area contributed by atoms with Crippen molar-refractivity contribution in [3.05, 3.63) is 91.0 Å². The molecule has 3 aromatic rings. The number of benzene rings is 3. The van der Waals surface area contributed by atoms with Gasteiger partial charge < -0.3 is 0 Å². The Balaban J connectivity index is 0.000000402. The van der Waals surface area contributed by atoms with E-state index in [9.17, 15) is 0 Å². The van der Waals surface area contributed by atoms with E-state index in [4.69, 9.17) is 14.2 Å². The topological polar surface area (TPSA) is 17.1 Å². The average Bonchev–Trinajstić information content (AvgIpc) is 2.81. The number of hydrogen-bond donors (Lipinski definition) is 0. The number of carbonyl (C=O) groups is 1. The molecule has 6 heteroatoms. The molecule has 0 radical (unpaired) electrons. The van der Waals surface area contributed by atoms with Crippen LogP contribution in [0.15, 0.2) is 91.0 Å². The van der Waals surface area contributed by atoms with Gasteiger partial charge in [-0.2, -0.15) is 0 Å². The van der Waals surface area contributed by atoms with Gasteiger partial charge in [-0.3, -0.25) is 0 Å². The molecule has 0 aliphatic heterocycles. The molecular weight excluding hydrogens is 628 g/mol. The van der Waals surface area contributed by atoms with Crippen LogP contribution >= 0.6 is 33.2 Å². The van der Waals surface area contributed by atoms with Crippen LogP contribution in [-0.4, -0.2) is 44.7 Å². The molecule has 0 spiro atoms. The molecule has 0 aromatic heterocycles. The standard InChI is InChI=1S/3C8H11P.CHO.ClH.W/c3*1-9(2)8-6-4-3-5-7-8;1-2;;/h3*3-7H,1-2H3;1H;1H;/q;;;;;+1/p-1. The third-order valence-electron chi connectivity index (χ3n) is 3.85. The van der Waals surface area contributed by atoms with Gasteiger partial charge in [0.1, 0.15) is 0 Å². The summed E-state index contributed by atoms with van der Waals surface area (Å²) in [4.78, 5) is 9.12. The van der Waals surface area contributed by atoms with Gasteiger partial charge in [-0.05, 0) is 55.9 Å². The fourth-order valence-electron chi connectivity index (χ4n) is 2.18. The van der Waals surface area contributed by atoms with Crippen LogP contribution in [0.25, 0.3) is 0 Å². The zero-order valence-corrected chi connectivity index (χ0v) is 25.6. The van der Waals surface area contributed by atoms with E-state index in [0.717, 1.165) is 4.68 Å². The third-order valence-corrected chi connectivity index (χ3v) is 8.70. The molecule has 0 amide bonds. The molecule has 0 fully saturated rings. The van der Waals surface area contributed by atoms with Gasteiger partial charge in [0.25, 0.3) is 0 Å². The van der Waals surface area contributed by atoms with Crippen molar-refractivity contribution in [2.24, 2.45) is 0 Å². The van der Waals surface area contributed by atoms with Crippen LogP contribution in [0.4, 0.5) is 0 Å². The van der Waals surface area contributed by atoms with E-state index in [0.29, 0.717) is 0 Å². The van der Waals surface area contributed by atoms with E-state index in [1.807, 2.05) is 0 Å². The quantitative estimate of drug-likeness (QED) is 0.228. The first-order chi connectivity index (χ1) is 14.8. The number of rotatable bonds is 4. The molecule has 0 saturated heterocycles. The van der Waals surface area contributed by atoms with Crippen LogP contribution in [0.1, 0.15) is 0 Å². The van der Waals surface area contributed by atoms with Crippen molar-refractivity contribution in [3.8, 4) is 0 Å². The van der Waals surface area contributed by atoms with Gasteiger partial charge in [0.05, 0.1) is 0 Å². The second-order valence-corrected chi connectivity index (χ2v) is 16.6. The summed E-state index contributed by atoms with van der Waals surface area (Å²) >= 11 is -0.963. The van der Waals surface area contributed by atoms with Crippen molar-refractivity contribution in [1.82, 2.24) is 0 Å². The van der Waals surface area contributed by atoms with Gasteiger partial charge in [0.2, 0.25) is 0 Å². The van der Waals surface area contributed by atoms with Gasteiger partial charge in [0, 0.05) is 0 Å². The Hall–Kier alpha value is -0.402. The van der Waals surface area contributed by atoms with Crippen LogP contribution in [0, 0.1) is 0 Å². The molecule has 3 aromatic carbocycles. The Morgan fingerprint density at radius 2 is 0.742 bits per heavy atom. The molecule has 31 heavy (non-hydrogen) atoms. The van der Waals surface area contributed by atoms with Crippen LogP contribution in [0.2, 0.25) is 0 Å². The van der Waals surface area contributed by atoms with Gasteiger partial charge in [-0.1, -0.05) is 115 Å². The van der Waals surface area contributed by atoms with Crippen LogP contribution < -0.4 is 15.9 Å². The summed E-state index contributed by atoms with van der Waals surface area (Å²) in [5, 5.41) is 4.44. The summed E-state index contributed by atoms with van der Waals surface area (Å²) in [5.41, 5.74) is 0. The van der Waals surface area contributed by atoms with Gasteiger partial charge in [-0.25, -0.2) is 0 Å². The van der Waals surface area contributed by atoms with Crippen molar-refractivity contribution in [3.63, 3.8) is 0 Å². The van der Waals surface area contributed by atoms with E-state index in [2.05, 4.69) is 131 Å². The molecule has 0 bridgehead atoms. The first kappa shape index (κ1) is 30.6. The monoisotopic (exact) mass is 662 g/mol. The maximum absolute atomic E-state index is 9.12. The fraction of sp³-hybridized carbons (Fsp3) is 0.240. The maximum atomic E-state index is 9.12. The summed E-state index contributed by atoms with van der Waals surface area (Å²) in [7, 11) is 5.30. The minimum atomic E-state index is -0.963. The molecule has 0 aliphatic carbocycles. The Morgan fingerprint density at radius 1 is 0.548 bits per heavy atom. The molecule has 0 unspecified atom stereocenters. The first-order valence-corrected chi connectivity index (χ1v) is 21.7. The third kappa shape index (κ3) is 16.8. The second-order valence-electron chi connectivity index (χ2n) is 6.88. The van der Waals surface area contributed by atoms with E-state index in [1.165, 1.54) is 15.9 Å². The van der Waals surface area contributed by atoms with Gasteiger partial charge >= 0.3 is 36.4 Å². The Morgan fingerprint density at radius 3 is 0.839 bits per heavy atom. The van der Waals surface area contributed by atoms with E-state index >= 15 is 0 Å². The number of halogens is 1. The normalized spacial score (nSPS) is 9.61. The van der Waals surface area contributed by atoms with Crippen molar-refractivity contribution >= 4 is 53.8 Å². The van der Waals surface area contributed by atoms with Crippen LogP contribution in [-0.2, 0) is 22.3 Å². The number of hydrogen-bond acceptors (Lipinski definition) is 1. The zero-order valence-electron chi connectivity index (χ0n) is 19.3. The molecule has 0 N–H and O–H groups in total. The molecule has 0 heterocycles. The van der Waals surface area contributed by atoms with Crippen molar-refractivity contribution in [2.75, 3.05) is 40.0 Å². The zero-order chi connectivity index (χ0) is 23.5. The number of carbonyl (C=O) groups excluding carboxylic acids is 1. The van der Waals surface area contributed by atoms with E-state index in [-0.39, 0.29) is 23.8 Å². The average molecular weight is 663 g/mol. The summed E-state index contributed by atoms with van der Waals surface area (Å²) < 4.78 is 0.807. The molecular formula is C25H34ClOP3W. The molecule has 0 atom stereocenters. The second kappa shape index (κ2) is 20.2. The van der Waals surface area contributed by atoms with Crippen molar-refractivity contribution in [2.45, 2.75) is 0 Å². The molecule has 168 valence electrons. The van der Waals surface area contributed by atoms with E-state index in [1.54, 1.807) is 0 Å². The van der Waals surface area contributed by atoms with Gasteiger partial charge in [0.15, 0.2) is 0 Å². The molecule has 0 saturated carbocycles. The predicted molar refractivity (Wildman–Crippen MR) is 147 cm³/mol. The van der Waals surface area contributed by atoms with E-state index < -0.39 is 17.5 Å². The first-order valence-electron chi connectivity index (χ1n) is 9.71. The summed E-state index contributed by atoms with van der Waals surface area (Å²) in [5.74, 6) is 0. The van der Waals surface area contributed by atoms with Crippen LogP contribution in [0.3, 0.4) is 0 Å². The summed E-state index contributed by atoms with van der Waals surface area (Å²) in [6, 6.07) is 31.9. The molecule has 3 rings (SSSR count). The minimum absolute atomic E-state index is 0.104. The SMILES string of the molecule is CP(C)c1ccccc1.CP(C)c1ccccc1.CP(C)c1ccccc1.O=[CH][W][Cl]. The van der Waals surface area contributed by atoms with Gasteiger partial charge in [-0.15, -0.1) is 0 Å².